The van der Waals surface area contributed by atoms with Crippen molar-refractivity contribution in [1.29, 1.82) is 0 Å². The van der Waals surface area contributed by atoms with Gasteiger partial charge in [-0.15, -0.1) is 0 Å². The van der Waals surface area contributed by atoms with Gasteiger partial charge in [0, 0.05) is 17.5 Å². The molecule has 4 heteroatoms. The molecule has 1 aromatic rings. The predicted molar refractivity (Wildman–Crippen MR) is 79.1 cm³/mol. The molecule has 4 nitrogen and oxygen atoms in total. The first kappa shape index (κ1) is 15.1. The topological polar surface area (TPSA) is 50.7 Å². The van der Waals surface area contributed by atoms with E-state index in [1.54, 1.807) is 7.11 Å². The SMILES string of the molecule is CONC1CC(C)(C)Oc2cc(C(C)C)c(O)c(C)c21. The summed E-state index contributed by atoms with van der Waals surface area (Å²) in [5.41, 5.74) is 5.55. The molecule has 1 atom stereocenters. The number of hydrogen-bond acceptors (Lipinski definition) is 4. The zero-order chi connectivity index (χ0) is 15.1. The highest BCUT2D eigenvalue weighted by Gasteiger charge is 2.36. The van der Waals surface area contributed by atoms with Crippen LogP contribution in [0.3, 0.4) is 0 Å². The van der Waals surface area contributed by atoms with Crippen LogP contribution in [-0.2, 0) is 4.84 Å². The molecule has 112 valence electrons. The Hall–Kier alpha value is -1.26. The molecule has 0 aliphatic carbocycles. The molecular weight excluding hydrogens is 254 g/mol. The average Bonchev–Trinajstić information content (AvgIpc) is 2.32. The van der Waals surface area contributed by atoms with Crippen LogP contribution in [0.1, 0.15) is 62.8 Å². The van der Waals surface area contributed by atoms with Crippen LogP contribution in [0.2, 0.25) is 0 Å². The van der Waals surface area contributed by atoms with Gasteiger partial charge in [-0.2, -0.15) is 5.48 Å². The third-order valence-corrected chi connectivity index (χ3v) is 3.90. The van der Waals surface area contributed by atoms with Gasteiger partial charge < -0.3 is 14.7 Å². The molecule has 1 aromatic carbocycles. The first-order chi connectivity index (χ1) is 9.26. The van der Waals surface area contributed by atoms with Gasteiger partial charge in [-0.05, 0) is 38.3 Å². The molecule has 20 heavy (non-hydrogen) atoms. The second-order valence-electron chi connectivity index (χ2n) is 6.45. The standard InChI is InChI=1S/C16H25NO3/c1-9(2)11-7-13-14(10(3)15(11)18)12(17-19-6)8-16(4,5)20-13/h7,9,12,17-18H,8H2,1-6H3. The molecule has 0 amide bonds. The minimum absolute atomic E-state index is 0.0193. The Morgan fingerprint density at radius 3 is 2.65 bits per heavy atom. The molecule has 0 fully saturated rings. The summed E-state index contributed by atoms with van der Waals surface area (Å²) in [5.74, 6) is 1.46. The minimum Gasteiger partial charge on any atom is -0.507 e. The van der Waals surface area contributed by atoms with E-state index < -0.39 is 0 Å². The Morgan fingerprint density at radius 1 is 1.45 bits per heavy atom. The maximum Gasteiger partial charge on any atom is 0.125 e. The van der Waals surface area contributed by atoms with Gasteiger partial charge in [-0.1, -0.05) is 13.8 Å². The Balaban J connectivity index is 2.59. The molecule has 0 spiro atoms. The summed E-state index contributed by atoms with van der Waals surface area (Å²) in [5, 5.41) is 10.4. The van der Waals surface area contributed by atoms with Gasteiger partial charge in [0.25, 0.3) is 0 Å². The zero-order valence-electron chi connectivity index (χ0n) is 13.2. The van der Waals surface area contributed by atoms with Crippen molar-refractivity contribution in [2.75, 3.05) is 7.11 Å². The summed E-state index contributed by atoms with van der Waals surface area (Å²) in [6, 6.07) is 1.99. The Labute approximate surface area is 121 Å². The maximum atomic E-state index is 10.4. The summed E-state index contributed by atoms with van der Waals surface area (Å²) in [7, 11) is 1.61. The number of rotatable bonds is 3. The van der Waals surface area contributed by atoms with Crippen molar-refractivity contribution in [3.05, 3.63) is 22.8 Å². The number of benzene rings is 1. The number of hydroxylamine groups is 1. The molecule has 1 unspecified atom stereocenters. The zero-order valence-corrected chi connectivity index (χ0v) is 13.2. The maximum absolute atomic E-state index is 10.4. The van der Waals surface area contributed by atoms with Gasteiger partial charge in [0.2, 0.25) is 0 Å². The van der Waals surface area contributed by atoms with Crippen LogP contribution in [0.15, 0.2) is 6.07 Å². The Morgan fingerprint density at radius 2 is 2.10 bits per heavy atom. The highest BCUT2D eigenvalue weighted by molar-refractivity contribution is 5.55. The van der Waals surface area contributed by atoms with Gasteiger partial charge in [0.15, 0.2) is 0 Å². The monoisotopic (exact) mass is 279 g/mol. The van der Waals surface area contributed by atoms with E-state index in [1.165, 1.54) is 0 Å². The number of phenolic OH excluding ortho intramolecular Hbond substituents is 1. The van der Waals surface area contributed by atoms with Crippen LogP contribution in [-0.4, -0.2) is 17.8 Å². The van der Waals surface area contributed by atoms with Crippen LogP contribution in [0.4, 0.5) is 0 Å². The summed E-state index contributed by atoms with van der Waals surface area (Å²) in [4.78, 5) is 5.12. The smallest absolute Gasteiger partial charge is 0.125 e. The second kappa shape index (κ2) is 5.26. The number of aromatic hydroxyl groups is 1. The molecule has 2 rings (SSSR count). The average molecular weight is 279 g/mol. The van der Waals surface area contributed by atoms with Crippen molar-refractivity contribution in [3.8, 4) is 11.5 Å². The van der Waals surface area contributed by atoms with Gasteiger partial charge >= 0.3 is 0 Å². The number of phenols is 1. The molecule has 0 radical (unpaired) electrons. The predicted octanol–water partition coefficient (Wildman–Crippen LogP) is 3.58. The Kier molecular flexibility index (Phi) is 3.98. The lowest BCUT2D eigenvalue weighted by atomic mass is 9.85. The van der Waals surface area contributed by atoms with E-state index in [4.69, 9.17) is 9.57 Å². The highest BCUT2D eigenvalue weighted by atomic mass is 16.6. The fraction of sp³-hybridized carbons (Fsp3) is 0.625. The van der Waals surface area contributed by atoms with Crippen molar-refractivity contribution in [2.45, 2.75) is 58.6 Å². The number of ether oxygens (including phenoxy) is 1. The molecule has 0 bridgehead atoms. The molecule has 1 aliphatic heterocycles. The normalized spacial score (nSPS) is 20.6. The summed E-state index contributed by atoms with van der Waals surface area (Å²) >= 11 is 0. The number of fused-ring (bicyclic) bond motifs is 1. The largest absolute Gasteiger partial charge is 0.507 e. The molecule has 0 aromatic heterocycles. The van der Waals surface area contributed by atoms with Gasteiger partial charge in [0.1, 0.15) is 17.1 Å². The molecular formula is C16H25NO3. The van der Waals surface area contributed by atoms with E-state index in [0.29, 0.717) is 5.75 Å². The number of hydrogen-bond donors (Lipinski definition) is 2. The summed E-state index contributed by atoms with van der Waals surface area (Å²) < 4.78 is 6.12. The van der Waals surface area contributed by atoms with Gasteiger partial charge in [-0.25, -0.2) is 0 Å². The van der Waals surface area contributed by atoms with Crippen LogP contribution < -0.4 is 10.2 Å². The molecule has 0 saturated carbocycles. The lowest BCUT2D eigenvalue weighted by molar-refractivity contribution is 0.00247. The molecule has 0 saturated heterocycles. The van der Waals surface area contributed by atoms with E-state index in [9.17, 15) is 5.11 Å². The second-order valence-corrected chi connectivity index (χ2v) is 6.45. The van der Waals surface area contributed by atoms with Crippen LogP contribution in [0, 0.1) is 6.92 Å². The van der Waals surface area contributed by atoms with Crippen LogP contribution in [0.25, 0.3) is 0 Å². The van der Waals surface area contributed by atoms with E-state index in [-0.39, 0.29) is 17.6 Å². The Bertz CT molecular complexity index is 509. The fourth-order valence-electron chi connectivity index (χ4n) is 2.95. The highest BCUT2D eigenvalue weighted by Crippen LogP contribution is 2.46. The van der Waals surface area contributed by atoms with E-state index in [0.717, 1.165) is 28.9 Å². The third kappa shape index (κ3) is 2.63. The lowest BCUT2D eigenvalue weighted by Crippen LogP contribution is -2.39. The van der Waals surface area contributed by atoms with Crippen molar-refractivity contribution >= 4 is 0 Å². The molecule has 1 heterocycles. The quantitative estimate of drug-likeness (QED) is 0.830. The summed E-state index contributed by atoms with van der Waals surface area (Å²) in [6.45, 7) is 10.2. The fourth-order valence-corrected chi connectivity index (χ4v) is 2.95. The number of nitrogens with one attached hydrogen (secondary N) is 1. The van der Waals surface area contributed by atoms with Crippen molar-refractivity contribution in [3.63, 3.8) is 0 Å². The van der Waals surface area contributed by atoms with E-state index in [2.05, 4.69) is 33.2 Å². The lowest BCUT2D eigenvalue weighted by Gasteiger charge is -2.39. The molecule has 1 aliphatic rings. The van der Waals surface area contributed by atoms with Crippen LogP contribution >= 0.6 is 0 Å². The summed E-state index contributed by atoms with van der Waals surface area (Å²) in [6.07, 6.45) is 0.787. The van der Waals surface area contributed by atoms with Gasteiger partial charge in [-0.3, -0.25) is 0 Å². The van der Waals surface area contributed by atoms with Crippen molar-refractivity contribution < 1.29 is 14.7 Å². The van der Waals surface area contributed by atoms with Crippen LogP contribution in [0.5, 0.6) is 11.5 Å². The van der Waals surface area contributed by atoms with Crippen molar-refractivity contribution in [2.24, 2.45) is 0 Å². The first-order valence-corrected chi connectivity index (χ1v) is 7.10. The van der Waals surface area contributed by atoms with E-state index in [1.807, 2.05) is 13.0 Å². The van der Waals surface area contributed by atoms with E-state index >= 15 is 0 Å². The van der Waals surface area contributed by atoms with Gasteiger partial charge in [0.05, 0.1) is 13.2 Å². The third-order valence-electron chi connectivity index (χ3n) is 3.90. The first-order valence-electron chi connectivity index (χ1n) is 7.10. The molecule has 2 N–H and O–H groups in total. The van der Waals surface area contributed by atoms with Crippen molar-refractivity contribution in [1.82, 2.24) is 5.48 Å². The minimum atomic E-state index is -0.263.